The molecule has 0 nitrogen and oxygen atoms in total. The van der Waals surface area contributed by atoms with Gasteiger partial charge in [-0.1, -0.05) is 124 Å². The lowest BCUT2D eigenvalue weighted by molar-refractivity contribution is 1.70. The van der Waals surface area contributed by atoms with Crippen LogP contribution in [0.4, 0.5) is 0 Å². The summed E-state index contributed by atoms with van der Waals surface area (Å²) in [5.74, 6) is 5.09. The van der Waals surface area contributed by atoms with Gasteiger partial charge in [0.15, 0.2) is 0 Å². The first kappa shape index (κ1) is 22.3. The van der Waals surface area contributed by atoms with Crippen LogP contribution >= 0.6 is 12.1 Å². The van der Waals surface area contributed by atoms with E-state index in [1.807, 2.05) is 0 Å². The van der Waals surface area contributed by atoms with Crippen LogP contribution in [0.5, 0.6) is 0 Å². The summed E-state index contributed by atoms with van der Waals surface area (Å²) in [5.41, 5.74) is 0. The third kappa shape index (κ3) is 4.10. The molecule has 0 bridgehead atoms. The summed E-state index contributed by atoms with van der Waals surface area (Å²) in [4.78, 5) is 3.05. The summed E-state index contributed by atoms with van der Waals surface area (Å²) < 4.78 is 0. The summed E-state index contributed by atoms with van der Waals surface area (Å²) in [7, 11) is -3.29. The summed E-state index contributed by atoms with van der Waals surface area (Å²) in [6, 6.07) is 17.8. The highest BCUT2D eigenvalue weighted by Crippen LogP contribution is 2.72. The predicted molar refractivity (Wildman–Crippen MR) is 144 cm³/mol. The zero-order chi connectivity index (χ0) is 20.8. The van der Waals surface area contributed by atoms with Gasteiger partial charge in [-0.3, -0.25) is 0 Å². The zero-order valence-corrected chi connectivity index (χ0v) is 23.1. The van der Waals surface area contributed by atoms with Crippen LogP contribution in [0.2, 0.25) is 39.3 Å². The monoisotopic (exact) mass is 476 g/mol. The normalized spacial score (nSPS) is 25.8. The molecule has 3 rings (SSSR count). The van der Waals surface area contributed by atoms with Gasteiger partial charge in [0, 0.05) is 12.1 Å². The Balaban J connectivity index is 2.40. The second-order valence-corrected chi connectivity index (χ2v) is 29.0. The van der Waals surface area contributed by atoms with Crippen LogP contribution < -0.4 is 10.6 Å². The fourth-order valence-electron chi connectivity index (χ4n) is 3.77. The minimum Gasteiger partial charge on any atom is -0.0840 e. The molecule has 0 N–H and O–H groups in total. The predicted octanol–water partition coefficient (Wildman–Crippen LogP) is 7.05. The molecular weight excluding hydrogens is 446 g/mol. The molecular formula is C22H30P2S2Si2. The molecule has 28 heavy (non-hydrogen) atoms. The maximum absolute atomic E-state index is 6.58. The minimum absolute atomic E-state index is 1.32. The fraction of sp³-hybridized carbons (Fsp3) is 0.273. The molecule has 0 spiro atoms. The second-order valence-electron chi connectivity index (χ2n) is 9.52. The van der Waals surface area contributed by atoms with Gasteiger partial charge in [0.25, 0.3) is 0 Å². The molecule has 2 unspecified atom stereocenters. The summed E-state index contributed by atoms with van der Waals surface area (Å²) in [6.45, 7) is 14.6. The average molecular weight is 477 g/mol. The van der Waals surface area contributed by atoms with Crippen molar-refractivity contribution in [3.05, 3.63) is 82.2 Å². The Morgan fingerprint density at radius 2 is 0.821 bits per heavy atom. The summed E-state index contributed by atoms with van der Waals surface area (Å²) in [6.07, 6.45) is 0. The fourth-order valence-corrected chi connectivity index (χ4v) is 30.8. The summed E-state index contributed by atoms with van der Waals surface area (Å²) >= 11 is 13.2. The van der Waals surface area contributed by atoms with Crippen LogP contribution in [-0.2, 0) is 23.6 Å². The van der Waals surface area contributed by atoms with Crippen LogP contribution in [0, 0.1) is 0 Å². The number of rotatable bonds is 4. The molecule has 6 heteroatoms. The van der Waals surface area contributed by atoms with E-state index in [0.29, 0.717) is 0 Å². The standard InChI is InChI=1S/C22H30P2S2Si2/c1-27(2,3)21-17-24(26,20-15-11-8-12-16-20)22(28(4,5)6)18-23(21,25)19-13-9-7-10-14-19/h7-18H,1-6H3. The van der Waals surface area contributed by atoms with Crippen molar-refractivity contribution >= 4 is 62.4 Å². The maximum atomic E-state index is 6.58. The van der Waals surface area contributed by atoms with Crippen LogP contribution in [0.1, 0.15) is 0 Å². The Bertz CT molecular complexity index is 942. The lowest BCUT2D eigenvalue weighted by Crippen LogP contribution is -2.32. The van der Waals surface area contributed by atoms with Crippen molar-refractivity contribution in [2.75, 3.05) is 0 Å². The number of hydrogen-bond donors (Lipinski definition) is 0. The number of benzene rings is 2. The molecule has 148 valence electrons. The highest BCUT2D eigenvalue weighted by atomic mass is 32.4. The van der Waals surface area contributed by atoms with Crippen molar-refractivity contribution < 1.29 is 0 Å². The maximum Gasteiger partial charge on any atom is 0.0800 e. The third-order valence-electron chi connectivity index (χ3n) is 5.14. The van der Waals surface area contributed by atoms with E-state index >= 15 is 0 Å². The van der Waals surface area contributed by atoms with Gasteiger partial charge in [0.2, 0.25) is 0 Å². The number of hydrogen-bond acceptors (Lipinski definition) is 2. The first-order chi connectivity index (χ1) is 12.9. The van der Waals surface area contributed by atoms with Crippen molar-refractivity contribution in [1.29, 1.82) is 0 Å². The Hall–Kier alpha value is -0.346. The lowest BCUT2D eigenvalue weighted by Gasteiger charge is -2.42. The Morgan fingerprint density at radius 1 is 0.536 bits per heavy atom. The molecule has 0 amide bonds. The molecule has 1 aliphatic heterocycles. The van der Waals surface area contributed by atoms with Gasteiger partial charge in [-0.05, 0) is 32.1 Å². The van der Waals surface area contributed by atoms with Crippen molar-refractivity contribution in [2.45, 2.75) is 39.3 Å². The van der Waals surface area contributed by atoms with Crippen molar-refractivity contribution in [2.24, 2.45) is 0 Å². The summed E-state index contributed by atoms with van der Waals surface area (Å²) in [5, 5.41) is 2.65. The Kier molecular flexibility index (Phi) is 6.16. The van der Waals surface area contributed by atoms with Gasteiger partial charge >= 0.3 is 0 Å². The van der Waals surface area contributed by atoms with Gasteiger partial charge in [0.05, 0.1) is 16.1 Å². The first-order valence-corrected chi connectivity index (χ1v) is 22.4. The van der Waals surface area contributed by atoms with Gasteiger partial charge in [-0.2, -0.15) is 0 Å². The highest BCUT2D eigenvalue weighted by Gasteiger charge is 2.43. The molecule has 0 saturated carbocycles. The van der Waals surface area contributed by atoms with E-state index in [4.69, 9.17) is 23.6 Å². The Labute approximate surface area is 183 Å². The largest absolute Gasteiger partial charge is 0.0840 e. The molecule has 0 saturated heterocycles. The molecule has 0 aliphatic carbocycles. The average Bonchev–Trinajstić information content (AvgIpc) is 2.63. The molecule has 2 aromatic carbocycles. The topological polar surface area (TPSA) is 0 Å². The van der Waals surface area contributed by atoms with Crippen molar-refractivity contribution in [3.63, 3.8) is 0 Å². The van der Waals surface area contributed by atoms with Gasteiger partial charge in [0.1, 0.15) is 0 Å². The lowest BCUT2D eigenvalue weighted by atomic mass is 10.4. The van der Waals surface area contributed by atoms with Gasteiger partial charge in [-0.25, -0.2) is 0 Å². The van der Waals surface area contributed by atoms with Crippen molar-refractivity contribution in [1.82, 2.24) is 0 Å². The zero-order valence-electron chi connectivity index (χ0n) is 17.6. The van der Waals surface area contributed by atoms with E-state index in [9.17, 15) is 0 Å². The molecule has 1 aliphatic rings. The molecule has 2 atom stereocenters. The molecule has 1 heterocycles. The molecule has 2 aromatic rings. The second kappa shape index (κ2) is 7.72. The van der Waals surface area contributed by atoms with Gasteiger partial charge < -0.3 is 0 Å². The van der Waals surface area contributed by atoms with Crippen LogP contribution in [0.15, 0.2) is 82.2 Å². The van der Waals surface area contributed by atoms with Crippen LogP contribution in [0.3, 0.4) is 0 Å². The van der Waals surface area contributed by atoms with E-state index in [1.165, 1.54) is 20.5 Å². The van der Waals surface area contributed by atoms with Gasteiger partial charge in [-0.15, -0.1) is 0 Å². The Morgan fingerprint density at radius 3 is 1.07 bits per heavy atom. The highest BCUT2D eigenvalue weighted by molar-refractivity contribution is 8.27. The molecule has 0 radical (unpaired) electrons. The van der Waals surface area contributed by atoms with E-state index in [0.717, 1.165) is 0 Å². The van der Waals surface area contributed by atoms with Crippen LogP contribution in [-0.4, -0.2) is 16.1 Å². The van der Waals surface area contributed by atoms with Crippen LogP contribution in [0.25, 0.3) is 0 Å². The van der Waals surface area contributed by atoms with E-state index in [-0.39, 0.29) is 0 Å². The first-order valence-electron chi connectivity index (χ1n) is 9.67. The van der Waals surface area contributed by atoms with E-state index < -0.39 is 28.2 Å². The SMILES string of the molecule is C[Si](C)(C)C1=CP(=S)(c2ccccc2)C([Si](C)(C)C)=CP1(=S)c1ccccc1. The van der Waals surface area contributed by atoms with E-state index in [2.05, 4.69) is 112 Å². The molecule has 0 fully saturated rings. The smallest absolute Gasteiger partial charge is 0.0800 e. The van der Waals surface area contributed by atoms with Crippen molar-refractivity contribution in [3.8, 4) is 0 Å². The quantitative estimate of drug-likeness (QED) is 0.343. The minimum atomic E-state index is -1.96. The van der Waals surface area contributed by atoms with E-state index in [1.54, 1.807) is 0 Å². The third-order valence-corrected chi connectivity index (χ3v) is 24.7. The molecule has 0 aromatic heterocycles.